The maximum atomic E-state index is 12.2. The van der Waals surface area contributed by atoms with E-state index < -0.39 is 0 Å². The third kappa shape index (κ3) is 2.78. The van der Waals surface area contributed by atoms with Crippen molar-refractivity contribution in [3.8, 4) is 0 Å². The number of aliphatic hydroxyl groups is 1. The second-order valence-corrected chi connectivity index (χ2v) is 5.25. The Kier molecular flexibility index (Phi) is 4.01. The summed E-state index contributed by atoms with van der Waals surface area (Å²) in [5.74, 6) is 0.563. The number of rotatable bonds is 4. The highest BCUT2D eigenvalue weighted by molar-refractivity contribution is 5.79. The summed E-state index contributed by atoms with van der Waals surface area (Å²) in [6.45, 7) is 1.88. The average molecular weight is 242 g/mol. The number of nitrogens with one attached hydrogen (secondary N) is 1. The summed E-state index contributed by atoms with van der Waals surface area (Å²) in [5, 5.41) is 12.4. The minimum Gasteiger partial charge on any atom is -0.393 e. The Morgan fingerprint density at radius 2 is 2.18 bits per heavy atom. The number of carbonyl (C=O) groups is 1. The van der Waals surface area contributed by atoms with Crippen molar-refractivity contribution >= 4 is 5.91 Å². The molecule has 1 saturated carbocycles. The molecule has 2 atom stereocenters. The van der Waals surface area contributed by atoms with Crippen LogP contribution in [0.4, 0.5) is 0 Å². The van der Waals surface area contributed by atoms with Gasteiger partial charge in [-0.2, -0.15) is 0 Å². The van der Waals surface area contributed by atoms with E-state index in [1.807, 2.05) is 14.1 Å². The minimum atomic E-state index is -0.150. The maximum absolute atomic E-state index is 12.2. The fourth-order valence-corrected chi connectivity index (χ4v) is 2.69. The second-order valence-electron chi connectivity index (χ2n) is 5.25. The van der Waals surface area contributed by atoms with Crippen LogP contribution in [0, 0.1) is 11.8 Å². The Balaban J connectivity index is 1.82. The van der Waals surface area contributed by atoms with Crippen molar-refractivity contribution in [3.05, 3.63) is 0 Å². The first-order chi connectivity index (χ1) is 8.11. The summed E-state index contributed by atoms with van der Waals surface area (Å²) in [6.07, 6.45) is 1.51. The Morgan fingerprint density at radius 3 is 2.76 bits per heavy atom. The van der Waals surface area contributed by atoms with Crippen LogP contribution >= 0.6 is 0 Å². The van der Waals surface area contributed by atoms with E-state index in [0.717, 1.165) is 19.4 Å². The lowest BCUT2D eigenvalue weighted by atomic mass is 9.82. The summed E-state index contributed by atoms with van der Waals surface area (Å²) in [5.41, 5.74) is 0. The fraction of sp³-hybridized carbons (Fsp3) is 0.917. The molecule has 5 heteroatoms. The van der Waals surface area contributed by atoms with Crippen LogP contribution in [-0.2, 0) is 9.53 Å². The molecule has 1 aliphatic carbocycles. The zero-order valence-electron chi connectivity index (χ0n) is 10.6. The van der Waals surface area contributed by atoms with Crippen LogP contribution in [0.5, 0.6) is 0 Å². The number of ether oxygens (including phenoxy) is 1. The Bertz CT molecular complexity index is 279. The van der Waals surface area contributed by atoms with Crippen LogP contribution in [0.15, 0.2) is 0 Å². The second kappa shape index (κ2) is 5.33. The lowest BCUT2D eigenvalue weighted by molar-refractivity contribution is -0.136. The topological polar surface area (TPSA) is 61.8 Å². The van der Waals surface area contributed by atoms with Gasteiger partial charge in [0.05, 0.1) is 25.2 Å². The van der Waals surface area contributed by atoms with E-state index in [9.17, 15) is 9.90 Å². The van der Waals surface area contributed by atoms with Crippen LogP contribution in [0.1, 0.15) is 12.8 Å². The highest BCUT2D eigenvalue weighted by atomic mass is 16.5. The van der Waals surface area contributed by atoms with Crippen LogP contribution in [0.2, 0.25) is 0 Å². The van der Waals surface area contributed by atoms with Gasteiger partial charge in [-0.25, -0.2) is 0 Å². The fourth-order valence-electron chi connectivity index (χ4n) is 2.69. The molecule has 17 heavy (non-hydrogen) atoms. The molecule has 2 aliphatic rings. The normalized spacial score (nSPS) is 36.6. The van der Waals surface area contributed by atoms with Crippen molar-refractivity contribution in [2.45, 2.75) is 25.0 Å². The van der Waals surface area contributed by atoms with Crippen LogP contribution < -0.4 is 5.32 Å². The van der Waals surface area contributed by atoms with Crippen LogP contribution in [0.3, 0.4) is 0 Å². The zero-order valence-corrected chi connectivity index (χ0v) is 10.6. The number of likely N-dealkylation sites (N-methyl/N-ethyl adjacent to an activating group) is 1. The lowest BCUT2D eigenvalue weighted by Gasteiger charge is -2.35. The first-order valence-corrected chi connectivity index (χ1v) is 6.30. The van der Waals surface area contributed by atoms with Crippen LogP contribution in [0.25, 0.3) is 0 Å². The quantitative estimate of drug-likeness (QED) is 0.694. The van der Waals surface area contributed by atoms with Crippen molar-refractivity contribution in [2.75, 3.05) is 33.9 Å². The highest BCUT2D eigenvalue weighted by Gasteiger charge is 2.36. The Labute approximate surface area is 102 Å². The maximum Gasteiger partial charge on any atom is 0.229 e. The molecular weight excluding hydrogens is 220 g/mol. The van der Waals surface area contributed by atoms with Crippen molar-refractivity contribution in [1.29, 1.82) is 0 Å². The zero-order chi connectivity index (χ0) is 12.4. The highest BCUT2D eigenvalue weighted by Crippen LogP contribution is 2.28. The molecule has 1 amide bonds. The summed E-state index contributed by atoms with van der Waals surface area (Å²) in [7, 11) is 3.71. The smallest absolute Gasteiger partial charge is 0.229 e. The first kappa shape index (κ1) is 12.8. The largest absolute Gasteiger partial charge is 0.393 e. The standard InChI is InChI=1S/C12H22N2O3/c1-13-11-7-17-6-10(11)12(16)14(2)5-8-3-9(15)4-8/h8-11,13,15H,3-7H2,1-2H3. The number of amides is 1. The summed E-state index contributed by atoms with van der Waals surface area (Å²) >= 11 is 0. The Morgan fingerprint density at radius 1 is 1.47 bits per heavy atom. The molecule has 5 nitrogen and oxygen atoms in total. The van der Waals surface area contributed by atoms with E-state index >= 15 is 0 Å². The van der Waals surface area contributed by atoms with Gasteiger partial charge in [0.2, 0.25) is 5.91 Å². The van der Waals surface area contributed by atoms with E-state index in [1.54, 1.807) is 4.90 Å². The molecule has 98 valence electrons. The molecular formula is C12H22N2O3. The summed E-state index contributed by atoms with van der Waals surface area (Å²) in [4.78, 5) is 14.0. The van der Waals surface area contributed by atoms with Crippen molar-refractivity contribution in [2.24, 2.45) is 11.8 Å². The van der Waals surface area contributed by atoms with E-state index in [1.165, 1.54) is 0 Å². The molecule has 2 unspecified atom stereocenters. The molecule has 2 rings (SSSR count). The predicted molar refractivity (Wildman–Crippen MR) is 63.5 cm³/mol. The van der Waals surface area contributed by atoms with Gasteiger partial charge in [-0.05, 0) is 25.8 Å². The Hall–Kier alpha value is -0.650. The molecule has 0 bridgehead atoms. The number of nitrogens with zero attached hydrogens (tertiary/aromatic N) is 1. The molecule has 0 aromatic carbocycles. The van der Waals surface area contributed by atoms with E-state index in [-0.39, 0.29) is 24.0 Å². The monoisotopic (exact) mass is 242 g/mol. The number of hydrogen-bond acceptors (Lipinski definition) is 4. The predicted octanol–water partition coefficient (Wildman–Crippen LogP) is -0.550. The van der Waals surface area contributed by atoms with Crippen LogP contribution in [-0.4, -0.2) is 61.9 Å². The average Bonchev–Trinajstić information content (AvgIpc) is 2.73. The van der Waals surface area contributed by atoms with Gasteiger partial charge >= 0.3 is 0 Å². The molecule has 0 aromatic heterocycles. The van der Waals surface area contributed by atoms with E-state index in [4.69, 9.17) is 4.74 Å². The van der Waals surface area contributed by atoms with Gasteiger partial charge in [-0.1, -0.05) is 0 Å². The molecule has 2 fully saturated rings. The molecule has 1 saturated heterocycles. The number of aliphatic hydroxyl groups excluding tert-OH is 1. The molecule has 2 N–H and O–H groups in total. The summed E-state index contributed by atoms with van der Waals surface area (Å²) in [6, 6.07) is 0.136. The lowest BCUT2D eigenvalue weighted by Crippen LogP contribution is -2.46. The van der Waals surface area contributed by atoms with Crippen molar-refractivity contribution < 1.29 is 14.6 Å². The molecule has 1 aliphatic heterocycles. The first-order valence-electron chi connectivity index (χ1n) is 6.30. The van der Waals surface area contributed by atoms with Gasteiger partial charge in [-0.3, -0.25) is 4.79 Å². The van der Waals surface area contributed by atoms with Gasteiger partial charge in [0.15, 0.2) is 0 Å². The molecule has 0 spiro atoms. The SMILES string of the molecule is CNC1COCC1C(=O)N(C)CC1CC(O)C1. The van der Waals surface area contributed by atoms with Gasteiger partial charge in [-0.15, -0.1) is 0 Å². The molecule has 0 radical (unpaired) electrons. The van der Waals surface area contributed by atoms with Gasteiger partial charge in [0.1, 0.15) is 0 Å². The minimum absolute atomic E-state index is 0.0602. The number of hydrogen-bond donors (Lipinski definition) is 2. The number of carbonyl (C=O) groups excluding carboxylic acids is 1. The molecule has 1 heterocycles. The van der Waals surface area contributed by atoms with Gasteiger partial charge in [0.25, 0.3) is 0 Å². The summed E-state index contributed by atoms with van der Waals surface area (Å²) < 4.78 is 5.34. The van der Waals surface area contributed by atoms with Gasteiger partial charge in [0, 0.05) is 19.6 Å². The van der Waals surface area contributed by atoms with Crippen molar-refractivity contribution in [3.63, 3.8) is 0 Å². The van der Waals surface area contributed by atoms with Crippen molar-refractivity contribution in [1.82, 2.24) is 10.2 Å². The third-order valence-corrected chi connectivity index (χ3v) is 3.89. The van der Waals surface area contributed by atoms with Gasteiger partial charge < -0.3 is 20.1 Å². The van der Waals surface area contributed by atoms with E-state index in [0.29, 0.717) is 19.1 Å². The molecule has 0 aromatic rings. The third-order valence-electron chi connectivity index (χ3n) is 3.89. The van der Waals surface area contributed by atoms with E-state index in [2.05, 4.69) is 5.32 Å².